The minimum Gasteiger partial charge on any atom is -0.496 e. The zero-order valence-electron chi connectivity index (χ0n) is 11.9. The lowest BCUT2D eigenvalue weighted by molar-refractivity contribution is -0.128. The van der Waals surface area contributed by atoms with Crippen molar-refractivity contribution in [2.45, 2.75) is 0 Å². The van der Waals surface area contributed by atoms with E-state index in [9.17, 15) is 9.59 Å². The number of hydrogen-bond donors (Lipinski definition) is 1. The van der Waals surface area contributed by atoms with Crippen LogP contribution in [0.25, 0.3) is 6.08 Å². The molecule has 1 N–H and O–H groups in total. The number of benzene rings is 2. The van der Waals surface area contributed by atoms with Crippen LogP contribution >= 0.6 is 0 Å². The molecule has 0 aliphatic heterocycles. The van der Waals surface area contributed by atoms with E-state index in [4.69, 9.17) is 14.6 Å². The van der Waals surface area contributed by atoms with Crippen LogP contribution in [0.1, 0.15) is 15.9 Å². The van der Waals surface area contributed by atoms with Crippen LogP contribution in [0.3, 0.4) is 0 Å². The summed E-state index contributed by atoms with van der Waals surface area (Å²) in [5, 5.41) is 8.79. The Kier molecular flexibility index (Phi) is 4.93. The Morgan fingerprint density at radius 3 is 2.36 bits per heavy atom. The molecular formula is C17H14O5. The summed E-state index contributed by atoms with van der Waals surface area (Å²) in [5.41, 5.74) is 0.882. The number of rotatable bonds is 5. The first-order chi connectivity index (χ1) is 10.6. The monoisotopic (exact) mass is 298 g/mol. The Bertz CT molecular complexity index is 701. The van der Waals surface area contributed by atoms with Gasteiger partial charge in [0, 0.05) is 11.6 Å². The number of esters is 1. The van der Waals surface area contributed by atoms with Crippen molar-refractivity contribution in [2.24, 2.45) is 0 Å². The third-order valence-corrected chi connectivity index (χ3v) is 2.86. The van der Waals surface area contributed by atoms with Crippen molar-refractivity contribution in [3.8, 4) is 11.5 Å². The van der Waals surface area contributed by atoms with Crippen molar-refractivity contribution < 1.29 is 24.2 Å². The van der Waals surface area contributed by atoms with E-state index in [1.54, 1.807) is 19.3 Å². The third-order valence-electron chi connectivity index (χ3n) is 2.86. The molecule has 0 aliphatic carbocycles. The van der Waals surface area contributed by atoms with Gasteiger partial charge in [-0.1, -0.05) is 18.2 Å². The van der Waals surface area contributed by atoms with Gasteiger partial charge in [-0.05, 0) is 36.4 Å². The highest BCUT2D eigenvalue weighted by Crippen LogP contribution is 2.19. The van der Waals surface area contributed by atoms with Gasteiger partial charge in [0.1, 0.15) is 11.5 Å². The third kappa shape index (κ3) is 3.96. The second-order valence-corrected chi connectivity index (χ2v) is 4.33. The summed E-state index contributed by atoms with van der Waals surface area (Å²) in [7, 11) is 1.55. The van der Waals surface area contributed by atoms with Gasteiger partial charge in [0.15, 0.2) is 0 Å². The number of carbonyl (C=O) groups is 2. The molecule has 0 heterocycles. The minimum absolute atomic E-state index is 0.129. The van der Waals surface area contributed by atoms with Gasteiger partial charge in [0.05, 0.1) is 12.7 Å². The lowest BCUT2D eigenvalue weighted by Gasteiger charge is -2.04. The van der Waals surface area contributed by atoms with E-state index in [1.165, 1.54) is 30.3 Å². The van der Waals surface area contributed by atoms with E-state index in [-0.39, 0.29) is 11.3 Å². The molecule has 22 heavy (non-hydrogen) atoms. The van der Waals surface area contributed by atoms with Gasteiger partial charge < -0.3 is 14.6 Å². The van der Waals surface area contributed by atoms with Crippen molar-refractivity contribution in [3.63, 3.8) is 0 Å². The largest absolute Gasteiger partial charge is 0.496 e. The quantitative estimate of drug-likeness (QED) is 0.522. The average Bonchev–Trinajstić information content (AvgIpc) is 2.53. The fourth-order valence-corrected chi connectivity index (χ4v) is 1.78. The van der Waals surface area contributed by atoms with Crippen LogP contribution in [0, 0.1) is 0 Å². The van der Waals surface area contributed by atoms with Gasteiger partial charge in [-0.3, -0.25) is 0 Å². The molecule has 2 aromatic carbocycles. The van der Waals surface area contributed by atoms with Crippen molar-refractivity contribution >= 4 is 18.0 Å². The summed E-state index contributed by atoms with van der Waals surface area (Å²) >= 11 is 0. The maximum absolute atomic E-state index is 11.7. The second-order valence-electron chi connectivity index (χ2n) is 4.33. The fourth-order valence-electron chi connectivity index (χ4n) is 1.78. The Labute approximate surface area is 127 Å². The smallest absolute Gasteiger partial charge is 0.336 e. The van der Waals surface area contributed by atoms with E-state index in [1.807, 2.05) is 18.2 Å². The first-order valence-corrected chi connectivity index (χ1v) is 6.46. The van der Waals surface area contributed by atoms with Crippen molar-refractivity contribution in [1.29, 1.82) is 0 Å². The highest BCUT2D eigenvalue weighted by Gasteiger charge is 2.05. The van der Waals surface area contributed by atoms with E-state index >= 15 is 0 Å². The molecule has 5 heteroatoms. The van der Waals surface area contributed by atoms with Gasteiger partial charge in [0.25, 0.3) is 0 Å². The molecule has 0 amide bonds. The number of carbonyl (C=O) groups excluding carboxylic acids is 1. The number of ether oxygens (including phenoxy) is 2. The summed E-state index contributed by atoms with van der Waals surface area (Å²) < 4.78 is 10.3. The molecule has 0 saturated heterocycles. The van der Waals surface area contributed by atoms with E-state index in [0.29, 0.717) is 5.75 Å². The van der Waals surface area contributed by atoms with Crippen molar-refractivity contribution in [3.05, 3.63) is 65.7 Å². The predicted octanol–water partition coefficient (Wildman–Crippen LogP) is 3.01. The number of carboxylic acids is 1. The number of para-hydroxylation sites is 1. The molecule has 2 aromatic rings. The number of methoxy groups -OCH3 is 1. The van der Waals surface area contributed by atoms with Crippen molar-refractivity contribution in [1.82, 2.24) is 0 Å². The molecule has 0 radical (unpaired) electrons. The van der Waals surface area contributed by atoms with Crippen LogP contribution in [0.4, 0.5) is 0 Å². The molecule has 112 valence electrons. The van der Waals surface area contributed by atoms with Crippen LogP contribution < -0.4 is 9.47 Å². The predicted molar refractivity (Wildman–Crippen MR) is 81.1 cm³/mol. The molecule has 5 nitrogen and oxygen atoms in total. The van der Waals surface area contributed by atoms with E-state index in [2.05, 4.69) is 0 Å². The Morgan fingerprint density at radius 2 is 1.73 bits per heavy atom. The zero-order chi connectivity index (χ0) is 15.9. The van der Waals surface area contributed by atoms with Crippen molar-refractivity contribution in [2.75, 3.05) is 7.11 Å². The maximum atomic E-state index is 11.7. The Hall–Kier alpha value is -3.08. The molecule has 0 aliphatic rings. The Morgan fingerprint density at radius 1 is 1.05 bits per heavy atom. The topological polar surface area (TPSA) is 72.8 Å². The second kappa shape index (κ2) is 7.08. The van der Waals surface area contributed by atoms with Gasteiger partial charge in [-0.2, -0.15) is 0 Å². The summed E-state index contributed by atoms with van der Waals surface area (Å²) in [6.07, 6.45) is 2.87. The number of aromatic carboxylic acids is 1. The lowest BCUT2D eigenvalue weighted by atomic mass is 10.2. The van der Waals surface area contributed by atoms with Gasteiger partial charge in [-0.25, -0.2) is 9.59 Å². The normalized spacial score (nSPS) is 10.4. The Balaban J connectivity index is 2.03. The highest BCUT2D eigenvalue weighted by atomic mass is 16.5. The first-order valence-electron chi connectivity index (χ1n) is 6.46. The zero-order valence-corrected chi connectivity index (χ0v) is 11.9. The number of hydrogen-bond acceptors (Lipinski definition) is 4. The summed E-state index contributed by atoms with van der Waals surface area (Å²) in [6.45, 7) is 0. The maximum Gasteiger partial charge on any atom is 0.336 e. The lowest BCUT2D eigenvalue weighted by Crippen LogP contribution is -2.04. The molecule has 0 fully saturated rings. The van der Waals surface area contributed by atoms with Crippen LogP contribution in [0.2, 0.25) is 0 Å². The van der Waals surface area contributed by atoms with Crippen LogP contribution in [-0.4, -0.2) is 24.2 Å². The SMILES string of the molecule is COc1ccccc1/C=C/C(=O)Oc1ccc(C(=O)O)cc1. The van der Waals surface area contributed by atoms with Gasteiger partial charge in [-0.15, -0.1) is 0 Å². The molecule has 0 atom stereocenters. The van der Waals surface area contributed by atoms with Gasteiger partial charge >= 0.3 is 11.9 Å². The molecule has 2 rings (SSSR count). The van der Waals surface area contributed by atoms with Crippen LogP contribution in [0.5, 0.6) is 11.5 Å². The van der Waals surface area contributed by atoms with Crippen LogP contribution in [-0.2, 0) is 4.79 Å². The van der Waals surface area contributed by atoms with E-state index < -0.39 is 11.9 Å². The highest BCUT2D eigenvalue weighted by molar-refractivity contribution is 5.90. The van der Waals surface area contributed by atoms with Gasteiger partial charge in [0.2, 0.25) is 0 Å². The minimum atomic E-state index is -1.03. The standard InChI is InChI=1S/C17H14O5/c1-21-15-5-3-2-4-12(15)8-11-16(18)22-14-9-6-13(7-10-14)17(19)20/h2-11H,1H3,(H,19,20)/b11-8+. The van der Waals surface area contributed by atoms with Crippen LogP contribution in [0.15, 0.2) is 54.6 Å². The first kappa shape index (κ1) is 15.3. The molecule has 0 aromatic heterocycles. The molecular weight excluding hydrogens is 284 g/mol. The number of carboxylic acid groups (broad SMARTS) is 1. The summed E-state index contributed by atoms with van der Waals surface area (Å²) in [6, 6.07) is 12.9. The summed E-state index contributed by atoms with van der Waals surface area (Å²) in [5.74, 6) is -0.667. The molecule has 0 bridgehead atoms. The average molecular weight is 298 g/mol. The molecule has 0 unspecified atom stereocenters. The van der Waals surface area contributed by atoms with E-state index in [0.717, 1.165) is 5.56 Å². The fraction of sp³-hybridized carbons (Fsp3) is 0.0588. The summed E-state index contributed by atoms with van der Waals surface area (Å²) in [4.78, 5) is 22.5. The molecule has 0 saturated carbocycles. The molecule has 0 spiro atoms.